The minimum atomic E-state index is -0.262. The number of rotatable bonds is 6. The number of methoxy groups -OCH3 is 1. The van der Waals surface area contributed by atoms with E-state index in [4.69, 9.17) is 16.3 Å². The lowest BCUT2D eigenvalue weighted by molar-refractivity contribution is 0.102. The first-order valence-electron chi connectivity index (χ1n) is 8.87. The Kier molecular flexibility index (Phi) is 6.16. The van der Waals surface area contributed by atoms with Gasteiger partial charge in [0, 0.05) is 24.5 Å². The molecule has 0 spiro atoms. The molecule has 0 unspecified atom stereocenters. The molecule has 1 amide bonds. The van der Waals surface area contributed by atoms with Crippen LogP contribution in [0.5, 0.6) is 5.75 Å². The van der Waals surface area contributed by atoms with Gasteiger partial charge in [-0.05, 0) is 43.2 Å². The minimum Gasteiger partial charge on any atom is -0.496 e. The van der Waals surface area contributed by atoms with Crippen molar-refractivity contribution in [3.8, 4) is 5.75 Å². The Morgan fingerprint density at radius 3 is 2.68 bits per heavy atom. The van der Waals surface area contributed by atoms with Crippen LogP contribution in [0.15, 0.2) is 54.9 Å². The van der Waals surface area contributed by atoms with Gasteiger partial charge in [-0.3, -0.25) is 9.78 Å². The smallest absolute Gasteiger partial charge is 0.257 e. The van der Waals surface area contributed by atoms with Crippen LogP contribution in [0.3, 0.4) is 0 Å². The van der Waals surface area contributed by atoms with Crippen molar-refractivity contribution in [3.63, 3.8) is 0 Å². The summed E-state index contributed by atoms with van der Waals surface area (Å²) in [4.78, 5) is 16.8. The number of carbonyl (C=O) groups is 1. The number of nitrogens with one attached hydrogen (secondary N) is 2. The SMILES string of the molecule is COc1ccccc1CNc1cncc(C(=O)Nc2c(C)cc(C)cc2Cl)c1. The second kappa shape index (κ2) is 8.76. The van der Waals surface area contributed by atoms with Gasteiger partial charge in [-0.25, -0.2) is 0 Å². The van der Waals surface area contributed by atoms with Gasteiger partial charge in [-0.15, -0.1) is 0 Å². The van der Waals surface area contributed by atoms with Gasteiger partial charge in [0.1, 0.15) is 5.75 Å². The monoisotopic (exact) mass is 395 g/mol. The fraction of sp³-hybridized carbons (Fsp3) is 0.182. The number of carbonyl (C=O) groups excluding carboxylic acids is 1. The van der Waals surface area contributed by atoms with Crippen molar-refractivity contribution in [1.82, 2.24) is 4.98 Å². The van der Waals surface area contributed by atoms with Crippen LogP contribution in [0, 0.1) is 13.8 Å². The highest BCUT2D eigenvalue weighted by molar-refractivity contribution is 6.34. The summed E-state index contributed by atoms with van der Waals surface area (Å²) in [5.74, 6) is 0.545. The molecule has 28 heavy (non-hydrogen) atoms. The molecule has 5 nitrogen and oxygen atoms in total. The molecule has 2 aromatic carbocycles. The van der Waals surface area contributed by atoms with E-state index in [0.29, 0.717) is 22.8 Å². The van der Waals surface area contributed by atoms with Gasteiger partial charge in [0.25, 0.3) is 5.91 Å². The molecule has 0 radical (unpaired) electrons. The number of anilines is 2. The van der Waals surface area contributed by atoms with Gasteiger partial charge in [0.05, 0.1) is 29.1 Å². The number of nitrogens with zero attached hydrogens (tertiary/aromatic N) is 1. The third kappa shape index (κ3) is 4.61. The number of hydrogen-bond donors (Lipinski definition) is 2. The number of benzene rings is 2. The molecule has 0 aliphatic carbocycles. The average Bonchev–Trinajstić information content (AvgIpc) is 2.69. The Morgan fingerprint density at radius 2 is 1.93 bits per heavy atom. The van der Waals surface area contributed by atoms with Gasteiger partial charge < -0.3 is 15.4 Å². The predicted octanol–water partition coefficient (Wildman–Crippen LogP) is 5.22. The summed E-state index contributed by atoms with van der Waals surface area (Å²) in [5, 5.41) is 6.68. The van der Waals surface area contributed by atoms with E-state index >= 15 is 0 Å². The summed E-state index contributed by atoms with van der Waals surface area (Å²) in [6.07, 6.45) is 3.21. The minimum absolute atomic E-state index is 0.262. The van der Waals surface area contributed by atoms with Crippen molar-refractivity contribution in [1.29, 1.82) is 0 Å². The Bertz CT molecular complexity index is 982. The van der Waals surface area contributed by atoms with Crippen LogP contribution >= 0.6 is 11.6 Å². The quantitative estimate of drug-likeness (QED) is 0.600. The summed E-state index contributed by atoms with van der Waals surface area (Å²) < 4.78 is 5.36. The van der Waals surface area contributed by atoms with Crippen LogP contribution in [0.2, 0.25) is 5.02 Å². The van der Waals surface area contributed by atoms with Crippen molar-refractivity contribution in [2.24, 2.45) is 0 Å². The number of hydrogen-bond acceptors (Lipinski definition) is 4. The molecule has 3 aromatic rings. The number of halogens is 1. The van der Waals surface area contributed by atoms with E-state index in [1.165, 1.54) is 6.20 Å². The zero-order valence-electron chi connectivity index (χ0n) is 16.0. The van der Waals surface area contributed by atoms with Crippen molar-refractivity contribution in [2.45, 2.75) is 20.4 Å². The van der Waals surface area contributed by atoms with E-state index < -0.39 is 0 Å². The molecule has 6 heteroatoms. The molecular weight excluding hydrogens is 374 g/mol. The zero-order valence-corrected chi connectivity index (χ0v) is 16.8. The Hall–Kier alpha value is -3.05. The van der Waals surface area contributed by atoms with Gasteiger partial charge in [-0.2, -0.15) is 0 Å². The van der Waals surface area contributed by atoms with Gasteiger partial charge in [-0.1, -0.05) is 35.9 Å². The molecule has 1 heterocycles. The maximum Gasteiger partial charge on any atom is 0.257 e. The summed E-state index contributed by atoms with van der Waals surface area (Å²) in [7, 11) is 1.64. The maximum atomic E-state index is 12.7. The fourth-order valence-corrected chi connectivity index (χ4v) is 3.34. The first kappa shape index (κ1) is 19.7. The lowest BCUT2D eigenvalue weighted by atomic mass is 10.1. The highest BCUT2D eigenvalue weighted by Crippen LogP contribution is 2.28. The molecule has 0 bridgehead atoms. The average molecular weight is 396 g/mol. The third-order valence-electron chi connectivity index (χ3n) is 4.35. The Labute approximate surface area is 169 Å². The lowest BCUT2D eigenvalue weighted by Gasteiger charge is -2.13. The molecule has 0 aliphatic heterocycles. The topological polar surface area (TPSA) is 63.2 Å². The fourth-order valence-electron chi connectivity index (χ4n) is 2.97. The van der Waals surface area contributed by atoms with E-state index in [1.54, 1.807) is 19.4 Å². The molecule has 3 rings (SSSR count). The second-order valence-corrected chi connectivity index (χ2v) is 6.93. The number of amides is 1. The van der Waals surface area contributed by atoms with E-state index in [-0.39, 0.29) is 5.91 Å². The van der Waals surface area contributed by atoms with Crippen molar-refractivity contribution >= 4 is 28.9 Å². The molecule has 1 aromatic heterocycles. The number of aryl methyl sites for hydroxylation is 2. The first-order chi connectivity index (χ1) is 13.5. The Morgan fingerprint density at radius 1 is 1.14 bits per heavy atom. The summed E-state index contributed by atoms with van der Waals surface area (Å²) in [6, 6.07) is 13.3. The van der Waals surface area contributed by atoms with Gasteiger partial charge in [0.2, 0.25) is 0 Å². The normalized spacial score (nSPS) is 10.4. The molecule has 0 aliphatic rings. The largest absolute Gasteiger partial charge is 0.496 e. The molecule has 0 atom stereocenters. The van der Waals surface area contributed by atoms with E-state index in [2.05, 4.69) is 15.6 Å². The van der Waals surface area contributed by atoms with Crippen LogP contribution in [-0.2, 0) is 6.54 Å². The maximum absolute atomic E-state index is 12.7. The van der Waals surface area contributed by atoms with Crippen molar-refractivity contribution in [3.05, 3.63) is 82.1 Å². The van der Waals surface area contributed by atoms with Gasteiger partial charge in [0.15, 0.2) is 0 Å². The molecule has 0 saturated carbocycles. The van der Waals surface area contributed by atoms with Crippen LogP contribution in [-0.4, -0.2) is 18.0 Å². The van der Waals surface area contributed by atoms with Crippen LogP contribution in [0.1, 0.15) is 27.0 Å². The first-order valence-corrected chi connectivity index (χ1v) is 9.24. The number of aromatic nitrogens is 1. The highest BCUT2D eigenvalue weighted by Gasteiger charge is 2.12. The van der Waals surface area contributed by atoms with E-state index in [0.717, 1.165) is 28.1 Å². The zero-order chi connectivity index (χ0) is 20.1. The molecule has 144 valence electrons. The number of ether oxygens (including phenoxy) is 1. The van der Waals surface area contributed by atoms with E-state index in [9.17, 15) is 4.79 Å². The number of para-hydroxylation sites is 1. The molecule has 0 saturated heterocycles. The molecule has 0 fully saturated rings. The van der Waals surface area contributed by atoms with Crippen LogP contribution < -0.4 is 15.4 Å². The van der Waals surface area contributed by atoms with Gasteiger partial charge >= 0.3 is 0 Å². The number of pyridine rings is 1. The summed E-state index contributed by atoms with van der Waals surface area (Å²) in [6.45, 7) is 4.43. The van der Waals surface area contributed by atoms with Crippen LogP contribution in [0.4, 0.5) is 11.4 Å². The van der Waals surface area contributed by atoms with Crippen molar-refractivity contribution < 1.29 is 9.53 Å². The van der Waals surface area contributed by atoms with E-state index in [1.807, 2.05) is 50.2 Å². The summed E-state index contributed by atoms with van der Waals surface area (Å²) >= 11 is 6.29. The molecular formula is C22H22ClN3O2. The molecule has 2 N–H and O–H groups in total. The third-order valence-corrected chi connectivity index (χ3v) is 4.64. The second-order valence-electron chi connectivity index (χ2n) is 6.52. The van der Waals surface area contributed by atoms with Crippen molar-refractivity contribution in [2.75, 3.05) is 17.7 Å². The highest BCUT2D eigenvalue weighted by atomic mass is 35.5. The summed E-state index contributed by atoms with van der Waals surface area (Å²) in [5.41, 5.74) is 4.78. The van der Waals surface area contributed by atoms with Crippen LogP contribution in [0.25, 0.3) is 0 Å². The standard InChI is InChI=1S/C22H22ClN3O2/c1-14-8-15(2)21(19(23)9-14)26-22(27)17-10-18(13-24-11-17)25-12-16-6-4-5-7-20(16)28-3/h4-11,13,25H,12H2,1-3H3,(H,26,27). The lowest BCUT2D eigenvalue weighted by Crippen LogP contribution is -2.14. The predicted molar refractivity (Wildman–Crippen MR) is 113 cm³/mol. The Balaban J connectivity index is 1.73.